The molecule has 3 aromatic rings. The number of thioether (sulfide) groups is 1. The average molecular weight is 241 g/mol. The summed E-state index contributed by atoms with van der Waals surface area (Å²) in [7, 11) is 0. The number of para-hydroxylation sites is 1. The fourth-order valence-corrected chi connectivity index (χ4v) is 2.57. The molecule has 3 rings (SSSR count). The van der Waals surface area contributed by atoms with Gasteiger partial charge >= 0.3 is 0 Å². The monoisotopic (exact) mass is 241 g/mol. The number of aromatic nitrogens is 3. The molecule has 1 aromatic carbocycles. The van der Waals surface area contributed by atoms with Gasteiger partial charge in [-0.1, -0.05) is 36.0 Å². The van der Waals surface area contributed by atoms with Crippen LogP contribution in [0.4, 0.5) is 0 Å². The second kappa shape index (κ2) is 4.59. The van der Waals surface area contributed by atoms with Gasteiger partial charge in [-0.05, 0) is 11.6 Å². The lowest BCUT2D eigenvalue weighted by Crippen LogP contribution is -1.87. The predicted octanol–water partition coefficient (Wildman–Crippen LogP) is 3.25. The molecule has 0 aliphatic heterocycles. The van der Waals surface area contributed by atoms with Gasteiger partial charge in [0.05, 0.1) is 5.52 Å². The van der Waals surface area contributed by atoms with Crippen LogP contribution in [0.1, 0.15) is 5.56 Å². The Morgan fingerprint density at radius 2 is 2.00 bits per heavy atom. The number of hydrogen-bond acceptors (Lipinski definition) is 3. The minimum Gasteiger partial charge on any atom is -0.340 e. The summed E-state index contributed by atoms with van der Waals surface area (Å²) in [6.07, 6.45) is 5.44. The summed E-state index contributed by atoms with van der Waals surface area (Å²) < 4.78 is 0. The maximum Gasteiger partial charge on any atom is 0.165 e. The number of hydrogen-bond donors (Lipinski definition) is 1. The van der Waals surface area contributed by atoms with Crippen LogP contribution >= 0.6 is 11.8 Å². The van der Waals surface area contributed by atoms with Gasteiger partial charge in [-0.25, -0.2) is 4.98 Å². The van der Waals surface area contributed by atoms with Crippen molar-refractivity contribution >= 4 is 22.7 Å². The van der Waals surface area contributed by atoms with Crippen molar-refractivity contribution in [1.82, 2.24) is 15.0 Å². The zero-order chi connectivity index (χ0) is 11.5. The van der Waals surface area contributed by atoms with Crippen molar-refractivity contribution < 1.29 is 0 Å². The molecular weight excluding hydrogens is 230 g/mol. The van der Waals surface area contributed by atoms with Gasteiger partial charge in [-0.2, -0.15) is 0 Å². The molecule has 0 unspecified atom stereocenters. The highest BCUT2D eigenvalue weighted by Gasteiger charge is 2.03. The maximum atomic E-state index is 4.44. The number of nitrogens with one attached hydrogen (secondary N) is 1. The van der Waals surface area contributed by atoms with Crippen LogP contribution in [0.25, 0.3) is 10.9 Å². The van der Waals surface area contributed by atoms with Gasteiger partial charge in [0.2, 0.25) is 0 Å². The van der Waals surface area contributed by atoms with Crippen molar-refractivity contribution in [3.8, 4) is 0 Å². The molecule has 0 bridgehead atoms. The van der Waals surface area contributed by atoms with E-state index in [0.717, 1.165) is 16.4 Å². The highest BCUT2D eigenvalue weighted by Crippen LogP contribution is 2.23. The predicted molar refractivity (Wildman–Crippen MR) is 69.9 cm³/mol. The summed E-state index contributed by atoms with van der Waals surface area (Å²) >= 11 is 1.69. The van der Waals surface area contributed by atoms with Crippen LogP contribution in [-0.4, -0.2) is 15.0 Å². The van der Waals surface area contributed by atoms with Crippen molar-refractivity contribution in [2.75, 3.05) is 0 Å². The summed E-state index contributed by atoms with van der Waals surface area (Å²) in [6.45, 7) is 0. The van der Waals surface area contributed by atoms with Crippen LogP contribution in [0, 0.1) is 0 Å². The van der Waals surface area contributed by atoms with Crippen molar-refractivity contribution in [2.45, 2.75) is 10.9 Å². The highest BCUT2D eigenvalue weighted by molar-refractivity contribution is 7.98. The van der Waals surface area contributed by atoms with Gasteiger partial charge in [0.25, 0.3) is 0 Å². The first-order valence-electron chi connectivity index (χ1n) is 5.38. The number of benzene rings is 1. The quantitative estimate of drug-likeness (QED) is 0.716. The SMILES string of the molecule is c1cnc2c(CSc3ncc[nH]3)cccc2c1. The Kier molecular flexibility index (Phi) is 2.80. The van der Waals surface area contributed by atoms with Crippen LogP contribution in [-0.2, 0) is 5.75 Å². The number of H-pyrrole nitrogens is 1. The Hall–Kier alpha value is -1.81. The number of aromatic amines is 1. The second-order valence-corrected chi connectivity index (χ2v) is 4.64. The topological polar surface area (TPSA) is 41.6 Å². The van der Waals surface area contributed by atoms with Crippen LogP contribution < -0.4 is 0 Å². The molecule has 2 heterocycles. The van der Waals surface area contributed by atoms with E-state index in [9.17, 15) is 0 Å². The molecule has 0 aliphatic carbocycles. The first-order chi connectivity index (χ1) is 8.43. The normalized spacial score (nSPS) is 10.8. The van der Waals surface area contributed by atoms with E-state index in [0.29, 0.717) is 0 Å². The fourth-order valence-electron chi connectivity index (χ4n) is 1.76. The van der Waals surface area contributed by atoms with E-state index in [1.807, 2.05) is 18.5 Å². The summed E-state index contributed by atoms with van der Waals surface area (Å²) in [5, 5.41) is 2.13. The molecule has 0 saturated heterocycles. The summed E-state index contributed by atoms with van der Waals surface area (Å²) in [5.41, 5.74) is 2.32. The number of pyridine rings is 1. The Bertz CT molecular complexity index is 614. The number of rotatable bonds is 3. The van der Waals surface area contributed by atoms with Crippen molar-refractivity contribution in [3.05, 3.63) is 54.5 Å². The van der Waals surface area contributed by atoms with Crippen molar-refractivity contribution in [3.63, 3.8) is 0 Å². The Labute approximate surface area is 103 Å². The van der Waals surface area contributed by atoms with E-state index in [4.69, 9.17) is 0 Å². The van der Waals surface area contributed by atoms with E-state index in [-0.39, 0.29) is 0 Å². The van der Waals surface area contributed by atoms with Crippen LogP contribution in [0.3, 0.4) is 0 Å². The molecule has 0 atom stereocenters. The Balaban J connectivity index is 1.90. The average Bonchev–Trinajstić information content (AvgIpc) is 2.89. The van der Waals surface area contributed by atoms with Gasteiger partial charge in [-0.3, -0.25) is 4.98 Å². The summed E-state index contributed by atoms with van der Waals surface area (Å²) in [4.78, 5) is 11.7. The van der Waals surface area contributed by atoms with E-state index in [1.54, 1.807) is 18.0 Å². The smallest absolute Gasteiger partial charge is 0.165 e. The van der Waals surface area contributed by atoms with Crippen LogP contribution in [0.5, 0.6) is 0 Å². The lowest BCUT2D eigenvalue weighted by atomic mass is 10.1. The largest absolute Gasteiger partial charge is 0.340 e. The molecule has 0 spiro atoms. The summed E-state index contributed by atoms with van der Waals surface area (Å²) in [6, 6.07) is 10.3. The summed E-state index contributed by atoms with van der Waals surface area (Å²) in [5.74, 6) is 0.877. The standard InChI is InChI=1S/C13H11N3S/c1-3-10-5-2-6-14-12(10)11(4-1)9-17-13-15-7-8-16-13/h1-8H,9H2,(H,15,16). The molecule has 0 saturated carbocycles. The molecule has 0 aliphatic rings. The minimum atomic E-state index is 0.877. The first kappa shape index (κ1) is 10.4. The lowest BCUT2D eigenvalue weighted by Gasteiger charge is -2.03. The molecular formula is C13H11N3S. The third kappa shape index (κ3) is 2.17. The van der Waals surface area contributed by atoms with Gasteiger partial charge in [-0.15, -0.1) is 0 Å². The Morgan fingerprint density at radius 3 is 2.88 bits per heavy atom. The van der Waals surface area contributed by atoms with Crippen LogP contribution in [0.2, 0.25) is 0 Å². The van der Waals surface area contributed by atoms with Gasteiger partial charge < -0.3 is 4.98 Å². The molecule has 4 heteroatoms. The molecule has 3 nitrogen and oxygen atoms in total. The number of nitrogens with zero attached hydrogens (tertiary/aromatic N) is 2. The van der Waals surface area contributed by atoms with Gasteiger partial charge in [0, 0.05) is 29.7 Å². The molecule has 0 amide bonds. The van der Waals surface area contributed by atoms with Gasteiger partial charge in [0.15, 0.2) is 5.16 Å². The second-order valence-electron chi connectivity index (χ2n) is 3.68. The van der Waals surface area contributed by atoms with E-state index in [1.165, 1.54) is 10.9 Å². The third-order valence-corrected chi connectivity index (χ3v) is 3.51. The molecule has 2 aromatic heterocycles. The van der Waals surface area contributed by atoms with Crippen molar-refractivity contribution in [1.29, 1.82) is 0 Å². The lowest BCUT2D eigenvalue weighted by molar-refractivity contribution is 1.06. The number of imidazole rings is 1. The van der Waals surface area contributed by atoms with E-state index < -0.39 is 0 Å². The molecule has 84 valence electrons. The molecule has 17 heavy (non-hydrogen) atoms. The zero-order valence-corrected chi connectivity index (χ0v) is 9.95. The zero-order valence-electron chi connectivity index (χ0n) is 9.13. The maximum absolute atomic E-state index is 4.44. The van der Waals surface area contributed by atoms with Crippen molar-refractivity contribution in [2.24, 2.45) is 0 Å². The van der Waals surface area contributed by atoms with E-state index in [2.05, 4.69) is 39.2 Å². The van der Waals surface area contributed by atoms with Crippen LogP contribution in [0.15, 0.2) is 54.1 Å². The van der Waals surface area contributed by atoms with Gasteiger partial charge in [0.1, 0.15) is 0 Å². The number of fused-ring (bicyclic) bond motifs is 1. The minimum absolute atomic E-state index is 0.877. The molecule has 0 fully saturated rings. The molecule has 0 radical (unpaired) electrons. The molecule has 1 N–H and O–H groups in total. The van der Waals surface area contributed by atoms with E-state index >= 15 is 0 Å². The first-order valence-corrected chi connectivity index (χ1v) is 6.37. The Morgan fingerprint density at radius 1 is 1.06 bits per heavy atom. The third-order valence-electron chi connectivity index (χ3n) is 2.55. The fraction of sp³-hybridized carbons (Fsp3) is 0.0769. The highest BCUT2D eigenvalue weighted by atomic mass is 32.2.